The lowest BCUT2D eigenvalue weighted by Gasteiger charge is -1.92. The number of carbonyl (C=O) groups is 1. The molecule has 2 rings (SSSR count). The van der Waals surface area contributed by atoms with Gasteiger partial charge in [-0.2, -0.15) is 11.3 Å². The molecule has 0 aliphatic heterocycles. The van der Waals surface area contributed by atoms with Crippen LogP contribution in [0.2, 0.25) is 0 Å². The van der Waals surface area contributed by atoms with Crippen LogP contribution in [0.1, 0.15) is 15.2 Å². The summed E-state index contributed by atoms with van der Waals surface area (Å²) in [6.45, 7) is 0. The first kappa shape index (κ1) is 8.59. The predicted molar refractivity (Wildman–Crippen MR) is 52.0 cm³/mol. The molecule has 0 radical (unpaired) electrons. The molecule has 1 nitrogen and oxygen atoms in total. The Morgan fingerprint density at radius 1 is 1.31 bits per heavy atom. The van der Waals surface area contributed by atoms with E-state index in [1.807, 2.05) is 0 Å². The van der Waals surface area contributed by atoms with E-state index in [1.165, 1.54) is 17.4 Å². The Labute approximate surface area is 82.5 Å². The Balaban J connectivity index is 2.39. The van der Waals surface area contributed by atoms with Gasteiger partial charge in [0.2, 0.25) is 5.78 Å². The monoisotopic (exact) mass is 212 g/mol. The zero-order valence-electron chi connectivity index (χ0n) is 6.49. The number of rotatable bonds is 2. The van der Waals surface area contributed by atoms with Crippen molar-refractivity contribution in [2.24, 2.45) is 0 Å². The van der Waals surface area contributed by atoms with Gasteiger partial charge in [-0.25, -0.2) is 4.39 Å². The average molecular weight is 212 g/mol. The van der Waals surface area contributed by atoms with Crippen molar-refractivity contribution in [2.75, 3.05) is 0 Å². The van der Waals surface area contributed by atoms with Gasteiger partial charge in [0.05, 0.1) is 0 Å². The van der Waals surface area contributed by atoms with Gasteiger partial charge in [-0.1, -0.05) is 0 Å². The number of carbonyl (C=O) groups excluding carboxylic acids is 1. The quantitative estimate of drug-likeness (QED) is 0.699. The summed E-state index contributed by atoms with van der Waals surface area (Å²) in [5.74, 6) is -0.657. The molecule has 2 aromatic heterocycles. The maximum absolute atomic E-state index is 13.0. The molecule has 0 N–H and O–H groups in total. The fourth-order valence-corrected chi connectivity index (χ4v) is 2.35. The molecule has 4 heteroatoms. The predicted octanol–water partition coefficient (Wildman–Crippen LogP) is 3.18. The normalized spacial score (nSPS) is 10.2. The van der Waals surface area contributed by atoms with Gasteiger partial charge < -0.3 is 0 Å². The average Bonchev–Trinajstić information content (AvgIpc) is 2.72. The standard InChI is InChI=1S/C9H5FOS2/c10-7-2-4-13-9(7)8(11)6-1-3-12-5-6/h1-5H. The highest BCUT2D eigenvalue weighted by Crippen LogP contribution is 2.20. The van der Waals surface area contributed by atoms with E-state index in [1.54, 1.807) is 22.2 Å². The molecule has 0 aliphatic carbocycles. The first-order valence-electron chi connectivity index (χ1n) is 3.59. The molecule has 0 aromatic carbocycles. The minimum Gasteiger partial charge on any atom is -0.288 e. The van der Waals surface area contributed by atoms with Crippen molar-refractivity contribution >= 4 is 28.5 Å². The summed E-state index contributed by atoms with van der Waals surface area (Å²) in [6.07, 6.45) is 0. The first-order chi connectivity index (χ1) is 6.29. The molecule has 0 unspecified atom stereocenters. The Bertz CT molecular complexity index is 417. The molecule has 0 amide bonds. The van der Waals surface area contributed by atoms with Crippen LogP contribution in [0.25, 0.3) is 0 Å². The van der Waals surface area contributed by atoms with E-state index in [4.69, 9.17) is 0 Å². The highest BCUT2D eigenvalue weighted by molar-refractivity contribution is 7.12. The van der Waals surface area contributed by atoms with Crippen LogP contribution in [0.3, 0.4) is 0 Å². The maximum Gasteiger partial charge on any atom is 0.206 e. The maximum atomic E-state index is 13.0. The van der Waals surface area contributed by atoms with Crippen LogP contribution in [0.15, 0.2) is 28.3 Å². The van der Waals surface area contributed by atoms with Gasteiger partial charge in [0, 0.05) is 10.9 Å². The largest absolute Gasteiger partial charge is 0.288 e. The van der Waals surface area contributed by atoms with E-state index in [9.17, 15) is 9.18 Å². The second-order valence-electron chi connectivity index (χ2n) is 2.44. The highest BCUT2D eigenvalue weighted by atomic mass is 32.1. The smallest absolute Gasteiger partial charge is 0.206 e. The van der Waals surface area contributed by atoms with Crippen LogP contribution in [0.5, 0.6) is 0 Å². The van der Waals surface area contributed by atoms with E-state index in [-0.39, 0.29) is 10.7 Å². The summed E-state index contributed by atoms with van der Waals surface area (Å²) in [5.41, 5.74) is 0.561. The summed E-state index contributed by atoms with van der Waals surface area (Å²) in [7, 11) is 0. The van der Waals surface area contributed by atoms with E-state index in [2.05, 4.69) is 0 Å². The molecule has 0 aliphatic rings. The summed E-state index contributed by atoms with van der Waals surface area (Å²) in [4.78, 5) is 11.8. The summed E-state index contributed by atoms with van der Waals surface area (Å²) in [5, 5.41) is 5.11. The minimum absolute atomic E-state index is 0.193. The Hall–Kier alpha value is -1.00. The van der Waals surface area contributed by atoms with E-state index in [0.29, 0.717) is 5.56 Å². The number of halogens is 1. The van der Waals surface area contributed by atoms with E-state index >= 15 is 0 Å². The Morgan fingerprint density at radius 3 is 2.69 bits per heavy atom. The SMILES string of the molecule is O=C(c1ccsc1)c1sccc1F. The Kier molecular flexibility index (Phi) is 2.24. The molecule has 66 valence electrons. The van der Waals surface area contributed by atoms with Gasteiger partial charge >= 0.3 is 0 Å². The molecule has 0 spiro atoms. The van der Waals surface area contributed by atoms with Gasteiger partial charge in [0.1, 0.15) is 10.7 Å². The molecule has 0 saturated heterocycles. The van der Waals surface area contributed by atoms with Crippen LogP contribution in [0.4, 0.5) is 4.39 Å². The molecule has 0 bridgehead atoms. The zero-order chi connectivity index (χ0) is 9.26. The van der Waals surface area contributed by atoms with Crippen molar-refractivity contribution in [1.29, 1.82) is 0 Å². The summed E-state index contributed by atoms with van der Waals surface area (Å²) >= 11 is 2.57. The van der Waals surface area contributed by atoms with Crippen molar-refractivity contribution in [3.05, 3.63) is 44.5 Å². The van der Waals surface area contributed by atoms with Crippen molar-refractivity contribution < 1.29 is 9.18 Å². The number of ketones is 1. The second kappa shape index (κ2) is 3.40. The fourth-order valence-electron chi connectivity index (χ4n) is 0.981. The van der Waals surface area contributed by atoms with Crippen LogP contribution in [-0.4, -0.2) is 5.78 Å². The molecule has 2 heterocycles. The topological polar surface area (TPSA) is 17.1 Å². The highest BCUT2D eigenvalue weighted by Gasteiger charge is 2.15. The lowest BCUT2D eigenvalue weighted by molar-refractivity contribution is 0.103. The minimum atomic E-state index is -0.429. The molecule has 0 fully saturated rings. The third-order valence-corrected chi connectivity index (χ3v) is 3.18. The van der Waals surface area contributed by atoms with E-state index < -0.39 is 5.82 Å². The van der Waals surface area contributed by atoms with Gasteiger partial charge in [0.25, 0.3) is 0 Å². The van der Waals surface area contributed by atoms with Gasteiger partial charge in [-0.3, -0.25) is 4.79 Å². The second-order valence-corrected chi connectivity index (χ2v) is 4.13. The van der Waals surface area contributed by atoms with Crippen LogP contribution >= 0.6 is 22.7 Å². The number of hydrogen-bond donors (Lipinski definition) is 0. The van der Waals surface area contributed by atoms with Crippen molar-refractivity contribution in [3.63, 3.8) is 0 Å². The van der Waals surface area contributed by atoms with Crippen molar-refractivity contribution in [1.82, 2.24) is 0 Å². The van der Waals surface area contributed by atoms with Crippen molar-refractivity contribution in [3.8, 4) is 0 Å². The van der Waals surface area contributed by atoms with E-state index in [0.717, 1.165) is 11.3 Å². The molecular formula is C9H5FOS2. The summed E-state index contributed by atoms with van der Waals surface area (Å²) < 4.78 is 13.0. The third-order valence-electron chi connectivity index (χ3n) is 1.61. The van der Waals surface area contributed by atoms with Gasteiger partial charge in [-0.05, 0) is 22.9 Å². The molecular weight excluding hydrogens is 207 g/mol. The molecule has 0 saturated carbocycles. The lowest BCUT2D eigenvalue weighted by atomic mass is 10.2. The third kappa shape index (κ3) is 1.55. The zero-order valence-corrected chi connectivity index (χ0v) is 8.12. The van der Waals surface area contributed by atoms with Crippen LogP contribution in [0, 0.1) is 5.82 Å². The Morgan fingerprint density at radius 2 is 2.15 bits per heavy atom. The molecule has 13 heavy (non-hydrogen) atoms. The molecule has 2 aromatic rings. The van der Waals surface area contributed by atoms with Gasteiger partial charge in [0.15, 0.2) is 0 Å². The van der Waals surface area contributed by atoms with Crippen molar-refractivity contribution in [2.45, 2.75) is 0 Å². The lowest BCUT2D eigenvalue weighted by Crippen LogP contribution is -1.98. The number of hydrogen-bond acceptors (Lipinski definition) is 3. The van der Waals surface area contributed by atoms with Gasteiger partial charge in [-0.15, -0.1) is 11.3 Å². The van der Waals surface area contributed by atoms with Crippen LogP contribution in [-0.2, 0) is 0 Å². The van der Waals surface area contributed by atoms with Crippen LogP contribution < -0.4 is 0 Å². The fraction of sp³-hybridized carbons (Fsp3) is 0. The number of thiophene rings is 2. The first-order valence-corrected chi connectivity index (χ1v) is 5.41. The summed E-state index contributed by atoms with van der Waals surface area (Å²) in [6, 6.07) is 3.01. The molecule has 0 atom stereocenters.